The molecule has 0 aliphatic heterocycles. The van der Waals surface area contributed by atoms with Crippen molar-refractivity contribution in [2.24, 2.45) is 0 Å². The van der Waals surface area contributed by atoms with Crippen LogP contribution in [0.25, 0.3) is 0 Å². The highest BCUT2D eigenvalue weighted by Crippen LogP contribution is 2.20. The van der Waals surface area contributed by atoms with Crippen LogP contribution in [0, 0.1) is 6.92 Å². The van der Waals surface area contributed by atoms with Crippen LogP contribution >= 0.6 is 0 Å². The molecule has 2 rings (SSSR count). The van der Waals surface area contributed by atoms with E-state index in [2.05, 4.69) is 51.5 Å². The Bertz CT molecular complexity index is 695. The molecule has 25 heavy (non-hydrogen) atoms. The van der Waals surface area contributed by atoms with E-state index < -0.39 is 0 Å². The number of nitrogens with zero attached hydrogens (tertiary/aromatic N) is 3. The molecule has 0 saturated heterocycles. The van der Waals surface area contributed by atoms with Crippen LogP contribution in [-0.2, 0) is 0 Å². The minimum absolute atomic E-state index is 0.174. The summed E-state index contributed by atoms with van der Waals surface area (Å²) in [7, 11) is 0. The fourth-order valence-electron chi connectivity index (χ4n) is 2.57. The van der Waals surface area contributed by atoms with E-state index >= 15 is 0 Å². The standard InChI is InChI=1S/C19H27N5O/c1-5-12-20-19(25)17-13-18(22-14(4)21-17)23-15-8-10-16(11-9-15)24(6-2)7-3/h8-11,13H,5-7,12H2,1-4H3,(H,20,25)(H,21,22,23). The van der Waals surface area contributed by atoms with Crippen LogP contribution < -0.4 is 15.5 Å². The molecule has 1 heterocycles. The molecule has 2 aromatic rings. The van der Waals surface area contributed by atoms with Gasteiger partial charge in [-0.3, -0.25) is 4.79 Å². The number of aryl methyl sites for hydroxylation is 1. The third kappa shape index (κ3) is 5.17. The molecular weight excluding hydrogens is 314 g/mol. The second kappa shape index (κ2) is 9.01. The predicted molar refractivity (Wildman–Crippen MR) is 103 cm³/mol. The van der Waals surface area contributed by atoms with Gasteiger partial charge in [-0.2, -0.15) is 0 Å². The molecule has 0 atom stereocenters. The molecule has 6 nitrogen and oxygen atoms in total. The topological polar surface area (TPSA) is 70.2 Å². The quantitative estimate of drug-likeness (QED) is 0.769. The number of anilines is 3. The Kier molecular flexibility index (Phi) is 6.74. The van der Waals surface area contributed by atoms with E-state index in [1.807, 2.05) is 19.1 Å². The summed E-state index contributed by atoms with van der Waals surface area (Å²) in [6, 6.07) is 9.87. The molecule has 0 bridgehead atoms. The predicted octanol–water partition coefficient (Wildman–Crippen LogP) is 3.51. The van der Waals surface area contributed by atoms with E-state index in [4.69, 9.17) is 0 Å². The highest BCUT2D eigenvalue weighted by atomic mass is 16.1. The second-order valence-electron chi connectivity index (χ2n) is 5.79. The van der Waals surface area contributed by atoms with Gasteiger partial charge >= 0.3 is 0 Å². The van der Waals surface area contributed by atoms with E-state index in [9.17, 15) is 4.79 Å². The van der Waals surface area contributed by atoms with Gasteiger partial charge in [0.1, 0.15) is 17.3 Å². The Labute approximate surface area is 149 Å². The van der Waals surface area contributed by atoms with E-state index in [-0.39, 0.29) is 5.91 Å². The van der Waals surface area contributed by atoms with Gasteiger partial charge in [-0.1, -0.05) is 6.92 Å². The van der Waals surface area contributed by atoms with Crippen LogP contribution in [0.2, 0.25) is 0 Å². The average Bonchev–Trinajstić information content (AvgIpc) is 2.61. The fraction of sp³-hybridized carbons (Fsp3) is 0.421. The maximum atomic E-state index is 12.1. The molecule has 6 heteroatoms. The van der Waals surface area contributed by atoms with Gasteiger partial charge in [0.2, 0.25) is 0 Å². The van der Waals surface area contributed by atoms with Gasteiger partial charge in [0.05, 0.1) is 0 Å². The molecule has 0 aliphatic carbocycles. The van der Waals surface area contributed by atoms with Crippen molar-refractivity contribution in [3.63, 3.8) is 0 Å². The van der Waals surface area contributed by atoms with Crippen molar-refractivity contribution < 1.29 is 4.79 Å². The van der Waals surface area contributed by atoms with Gasteiger partial charge in [0.15, 0.2) is 0 Å². The van der Waals surface area contributed by atoms with E-state index in [0.29, 0.717) is 23.9 Å². The number of nitrogens with one attached hydrogen (secondary N) is 2. The number of carbonyl (C=O) groups is 1. The number of hydrogen-bond donors (Lipinski definition) is 2. The van der Waals surface area contributed by atoms with Crippen molar-refractivity contribution in [3.05, 3.63) is 41.9 Å². The Morgan fingerprint density at radius 2 is 1.76 bits per heavy atom. The van der Waals surface area contributed by atoms with Gasteiger partial charge in [0.25, 0.3) is 5.91 Å². The third-order valence-electron chi connectivity index (χ3n) is 3.87. The molecule has 1 aromatic carbocycles. The first-order valence-corrected chi connectivity index (χ1v) is 8.83. The number of carbonyl (C=O) groups excluding carboxylic acids is 1. The maximum Gasteiger partial charge on any atom is 0.270 e. The average molecular weight is 341 g/mol. The Morgan fingerprint density at radius 3 is 2.36 bits per heavy atom. The van der Waals surface area contributed by atoms with E-state index in [1.54, 1.807) is 13.0 Å². The third-order valence-corrected chi connectivity index (χ3v) is 3.87. The first kappa shape index (κ1) is 18.7. The first-order chi connectivity index (χ1) is 12.1. The molecule has 0 radical (unpaired) electrons. The van der Waals surface area contributed by atoms with Crippen molar-refractivity contribution in [2.45, 2.75) is 34.1 Å². The number of aromatic nitrogens is 2. The van der Waals surface area contributed by atoms with Crippen molar-refractivity contribution in [3.8, 4) is 0 Å². The van der Waals surface area contributed by atoms with Crippen LogP contribution in [0.15, 0.2) is 30.3 Å². The molecule has 0 aliphatic rings. The van der Waals surface area contributed by atoms with Gasteiger partial charge in [-0.25, -0.2) is 9.97 Å². The molecular formula is C19H27N5O. The van der Waals surface area contributed by atoms with Crippen LogP contribution in [0.4, 0.5) is 17.2 Å². The van der Waals surface area contributed by atoms with Gasteiger partial charge in [0, 0.05) is 37.1 Å². The normalized spacial score (nSPS) is 10.4. The number of rotatable bonds is 8. The Morgan fingerprint density at radius 1 is 1.08 bits per heavy atom. The molecule has 134 valence electrons. The largest absolute Gasteiger partial charge is 0.372 e. The summed E-state index contributed by atoms with van der Waals surface area (Å²) in [5.41, 5.74) is 2.49. The molecule has 0 fully saturated rings. The van der Waals surface area contributed by atoms with Crippen molar-refractivity contribution in [1.82, 2.24) is 15.3 Å². The molecule has 0 unspecified atom stereocenters. The molecule has 0 spiro atoms. The Hall–Kier alpha value is -2.63. The first-order valence-electron chi connectivity index (χ1n) is 8.83. The van der Waals surface area contributed by atoms with Gasteiger partial charge < -0.3 is 15.5 Å². The zero-order valence-electron chi connectivity index (χ0n) is 15.5. The monoisotopic (exact) mass is 341 g/mol. The molecule has 2 N–H and O–H groups in total. The SMILES string of the molecule is CCCNC(=O)c1cc(Nc2ccc(N(CC)CC)cc2)nc(C)n1. The number of benzene rings is 1. The molecule has 1 amide bonds. The van der Waals surface area contributed by atoms with Crippen molar-refractivity contribution in [1.29, 1.82) is 0 Å². The summed E-state index contributed by atoms with van der Waals surface area (Å²) < 4.78 is 0. The molecule has 0 saturated carbocycles. The lowest BCUT2D eigenvalue weighted by atomic mass is 10.2. The second-order valence-corrected chi connectivity index (χ2v) is 5.79. The van der Waals surface area contributed by atoms with Crippen LogP contribution in [0.3, 0.4) is 0 Å². The molecule has 1 aromatic heterocycles. The van der Waals surface area contributed by atoms with Crippen molar-refractivity contribution in [2.75, 3.05) is 29.9 Å². The van der Waals surface area contributed by atoms with Gasteiger partial charge in [-0.15, -0.1) is 0 Å². The highest BCUT2D eigenvalue weighted by molar-refractivity contribution is 5.93. The summed E-state index contributed by atoms with van der Waals surface area (Å²) in [5.74, 6) is 1.00. The zero-order chi connectivity index (χ0) is 18.2. The highest BCUT2D eigenvalue weighted by Gasteiger charge is 2.10. The zero-order valence-corrected chi connectivity index (χ0v) is 15.5. The number of amides is 1. The summed E-state index contributed by atoms with van der Waals surface area (Å²) >= 11 is 0. The van der Waals surface area contributed by atoms with Crippen LogP contribution in [-0.4, -0.2) is 35.5 Å². The summed E-state index contributed by atoms with van der Waals surface area (Å²) in [4.78, 5) is 23.0. The minimum atomic E-state index is -0.174. The lowest BCUT2D eigenvalue weighted by Gasteiger charge is -2.21. The summed E-state index contributed by atoms with van der Waals surface area (Å²) in [5, 5.41) is 6.09. The minimum Gasteiger partial charge on any atom is -0.372 e. The van der Waals surface area contributed by atoms with Gasteiger partial charge in [-0.05, 0) is 51.5 Å². The van der Waals surface area contributed by atoms with E-state index in [1.165, 1.54) is 5.69 Å². The lowest BCUT2D eigenvalue weighted by molar-refractivity contribution is 0.0948. The van der Waals surface area contributed by atoms with E-state index in [0.717, 1.165) is 25.2 Å². The lowest BCUT2D eigenvalue weighted by Crippen LogP contribution is -2.25. The Balaban J connectivity index is 2.14. The smallest absolute Gasteiger partial charge is 0.270 e. The number of hydrogen-bond acceptors (Lipinski definition) is 5. The van der Waals surface area contributed by atoms with Crippen molar-refractivity contribution >= 4 is 23.1 Å². The van der Waals surface area contributed by atoms with Crippen LogP contribution in [0.5, 0.6) is 0 Å². The fourth-order valence-corrected chi connectivity index (χ4v) is 2.57. The summed E-state index contributed by atoms with van der Waals surface area (Å²) in [6.45, 7) is 10.7. The summed E-state index contributed by atoms with van der Waals surface area (Å²) in [6.07, 6.45) is 0.889. The van der Waals surface area contributed by atoms with Crippen LogP contribution in [0.1, 0.15) is 43.5 Å². The maximum absolute atomic E-state index is 12.1.